The number of aromatic nitrogens is 2. The number of fused-ring (bicyclic) bond motifs is 1. The third-order valence-corrected chi connectivity index (χ3v) is 5.71. The first kappa shape index (κ1) is 21.8. The normalized spacial score (nSPS) is 13.4. The molecular weight excluding hydrogens is 374 g/mol. The summed E-state index contributed by atoms with van der Waals surface area (Å²) in [6.07, 6.45) is 1.77. The Morgan fingerprint density at radius 1 is 1.03 bits per heavy atom. The van der Waals surface area contributed by atoms with Crippen LogP contribution in [0.3, 0.4) is 0 Å². The second-order valence-corrected chi connectivity index (χ2v) is 8.29. The number of H-pyrrole nitrogens is 1. The molecule has 30 heavy (non-hydrogen) atoms. The van der Waals surface area contributed by atoms with Crippen molar-refractivity contribution in [3.63, 3.8) is 0 Å². The predicted molar refractivity (Wildman–Crippen MR) is 122 cm³/mol. The molecule has 0 saturated heterocycles. The number of hydrogen-bond acceptors (Lipinski definition) is 3. The van der Waals surface area contributed by atoms with E-state index < -0.39 is 0 Å². The number of carbonyl (C=O) groups is 1. The number of aromatic amines is 1. The zero-order valence-electron chi connectivity index (χ0n) is 18.2. The Morgan fingerprint density at radius 3 is 2.37 bits per heavy atom. The fourth-order valence-electron chi connectivity index (χ4n) is 3.63. The van der Waals surface area contributed by atoms with Gasteiger partial charge in [0.1, 0.15) is 5.82 Å². The molecule has 2 aromatic carbocycles. The predicted octanol–water partition coefficient (Wildman–Crippen LogP) is 4.88. The van der Waals surface area contributed by atoms with Crippen molar-refractivity contribution in [3.8, 4) is 0 Å². The standard InChI is InChI=1S/C25H31N3O2/c1-5-17(4)18-10-12-19(13-11-18)24(16(2)3)28-23(29)15-14-22-26-21-9-7-6-8-20(21)25(30)27-22/h6-13,16-17,24H,5,14-15H2,1-4H3,(H,28,29)(H,26,27,30)/t17-,24+/m0/s1. The van der Waals surface area contributed by atoms with Gasteiger partial charge < -0.3 is 10.3 Å². The highest BCUT2D eigenvalue weighted by molar-refractivity contribution is 5.78. The maximum atomic E-state index is 12.6. The fraction of sp³-hybridized carbons (Fsp3) is 0.400. The maximum absolute atomic E-state index is 12.6. The Kier molecular flexibility index (Phi) is 7.03. The second kappa shape index (κ2) is 9.70. The lowest BCUT2D eigenvalue weighted by Gasteiger charge is -2.23. The van der Waals surface area contributed by atoms with Gasteiger partial charge in [0.2, 0.25) is 5.91 Å². The second-order valence-electron chi connectivity index (χ2n) is 8.29. The molecule has 3 rings (SSSR count). The van der Waals surface area contributed by atoms with Gasteiger partial charge in [-0.25, -0.2) is 4.98 Å². The first-order chi connectivity index (χ1) is 14.4. The lowest BCUT2D eigenvalue weighted by molar-refractivity contribution is -0.122. The molecule has 2 N–H and O–H groups in total. The van der Waals surface area contributed by atoms with Gasteiger partial charge in [0.15, 0.2) is 0 Å². The van der Waals surface area contributed by atoms with E-state index in [0.29, 0.717) is 29.1 Å². The molecule has 0 unspecified atom stereocenters. The van der Waals surface area contributed by atoms with Crippen LogP contribution >= 0.6 is 0 Å². The average molecular weight is 406 g/mol. The summed E-state index contributed by atoms with van der Waals surface area (Å²) in [7, 11) is 0. The van der Waals surface area contributed by atoms with E-state index in [9.17, 15) is 9.59 Å². The third kappa shape index (κ3) is 5.15. The molecule has 0 aliphatic heterocycles. The summed E-state index contributed by atoms with van der Waals surface area (Å²) in [6.45, 7) is 8.63. The molecule has 0 fully saturated rings. The summed E-state index contributed by atoms with van der Waals surface area (Å²) in [5.41, 5.74) is 2.92. The molecule has 1 heterocycles. The van der Waals surface area contributed by atoms with Crippen molar-refractivity contribution in [2.24, 2.45) is 5.92 Å². The van der Waals surface area contributed by atoms with Gasteiger partial charge in [0, 0.05) is 12.8 Å². The Labute approximate surface area is 177 Å². The minimum absolute atomic E-state index is 0.0458. The molecule has 0 bridgehead atoms. The first-order valence-electron chi connectivity index (χ1n) is 10.8. The molecule has 3 aromatic rings. The van der Waals surface area contributed by atoms with Crippen molar-refractivity contribution >= 4 is 16.8 Å². The third-order valence-electron chi connectivity index (χ3n) is 5.71. The van der Waals surface area contributed by atoms with Gasteiger partial charge in [-0.2, -0.15) is 0 Å². The Balaban J connectivity index is 1.66. The summed E-state index contributed by atoms with van der Waals surface area (Å²) in [6, 6.07) is 15.7. The van der Waals surface area contributed by atoms with Crippen LogP contribution in [0.15, 0.2) is 53.3 Å². The SMILES string of the molecule is CC[C@H](C)c1ccc([C@H](NC(=O)CCc2nc3ccccc3c(=O)[nH]2)C(C)C)cc1. The van der Waals surface area contributed by atoms with Gasteiger partial charge >= 0.3 is 0 Å². The largest absolute Gasteiger partial charge is 0.349 e. The number of nitrogens with one attached hydrogen (secondary N) is 2. The minimum Gasteiger partial charge on any atom is -0.349 e. The van der Waals surface area contributed by atoms with E-state index in [-0.39, 0.29) is 29.8 Å². The monoisotopic (exact) mass is 405 g/mol. The Morgan fingerprint density at radius 2 is 1.70 bits per heavy atom. The van der Waals surface area contributed by atoms with Crippen LogP contribution in [-0.4, -0.2) is 15.9 Å². The molecule has 0 saturated carbocycles. The van der Waals surface area contributed by atoms with Gasteiger partial charge in [0.05, 0.1) is 16.9 Å². The summed E-state index contributed by atoms with van der Waals surface area (Å²) >= 11 is 0. The molecule has 158 valence electrons. The molecule has 5 heteroatoms. The Hall–Kier alpha value is -2.95. The fourth-order valence-corrected chi connectivity index (χ4v) is 3.63. The quantitative estimate of drug-likeness (QED) is 0.561. The average Bonchev–Trinajstić information content (AvgIpc) is 2.75. The van der Waals surface area contributed by atoms with Crippen LogP contribution in [0.25, 0.3) is 10.9 Å². The molecule has 0 radical (unpaired) electrons. The van der Waals surface area contributed by atoms with Crippen molar-refractivity contribution in [2.75, 3.05) is 0 Å². The smallest absolute Gasteiger partial charge is 0.258 e. The minimum atomic E-state index is -0.169. The summed E-state index contributed by atoms with van der Waals surface area (Å²) in [4.78, 5) is 32.1. The zero-order valence-corrected chi connectivity index (χ0v) is 18.2. The van der Waals surface area contributed by atoms with Crippen molar-refractivity contribution in [2.45, 2.75) is 58.9 Å². The molecular formula is C25H31N3O2. The highest BCUT2D eigenvalue weighted by atomic mass is 16.1. The summed E-state index contributed by atoms with van der Waals surface area (Å²) in [5, 5.41) is 3.72. The van der Waals surface area contributed by atoms with Crippen LogP contribution < -0.4 is 10.9 Å². The molecule has 0 aliphatic carbocycles. The number of para-hydroxylation sites is 1. The number of hydrogen-bond donors (Lipinski definition) is 2. The highest BCUT2D eigenvalue weighted by Gasteiger charge is 2.19. The number of benzene rings is 2. The summed E-state index contributed by atoms with van der Waals surface area (Å²) < 4.78 is 0. The van der Waals surface area contributed by atoms with E-state index in [1.54, 1.807) is 6.07 Å². The highest BCUT2D eigenvalue weighted by Crippen LogP contribution is 2.25. The molecule has 1 amide bonds. The topological polar surface area (TPSA) is 74.8 Å². The molecule has 0 spiro atoms. The van der Waals surface area contributed by atoms with Crippen LogP contribution in [0, 0.1) is 5.92 Å². The lowest BCUT2D eigenvalue weighted by Crippen LogP contribution is -2.32. The molecule has 5 nitrogen and oxygen atoms in total. The van der Waals surface area contributed by atoms with Crippen LogP contribution in [0.4, 0.5) is 0 Å². The van der Waals surface area contributed by atoms with E-state index in [0.717, 1.165) is 12.0 Å². The number of rotatable bonds is 8. The van der Waals surface area contributed by atoms with Crippen LogP contribution in [0.2, 0.25) is 0 Å². The number of amides is 1. The van der Waals surface area contributed by atoms with Gasteiger partial charge in [-0.15, -0.1) is 0 Å². The molecule has 2 atom stereocenters. The summed E-state index contributed by atoms with van der Waals surface area (Å²) in [5.74, 6) is 1.29. The number of aryl methyl sites for hydroxylation is 1. The van der Waals surface area contributed by atoms with Gasteiger partial charge in [-0.1, -0.05) is 64.1 Å². The zero-order chi connectivity index (χ0) is 21.7. The van der Waals surface area contributed by atoms with Gasteiger partial charge in [-0.05, 0) is 41.5 Å². The molecule has 0 aliphatic rings. The van der Waals surface area contributed by atoms with Crippen molar-refractivity contribution in [3.05, 3.63) is 75.8 Å². The molecule has 1 aromatic heterocycles. The van der Waals surface area contributed by atoms with Gasteiger partial charge in [0.25, 0.3) is 5.56 Å². The van der Waals surface area contributed by atoms with E-state index in [1.165, 1.54) is 5.56 Å². The number of carbonyl (C=O) groups excluding carboxylic acids is 1. The van der Waals surface area contributed by atoms with E-state index in [4.69, 9.17) is 0 Å². The van der Waals surface area contributed by atoms with E-state index in [1.807, 2.05) is 18.2 Å². The first-order valence-corrected chi connectivity index (χ1v) is 10.8. The van der Waals surface area contributed by atoms with Crippen molar-refractivity contribution < 1.29 is 4.79 Å². The van der Waals surface area contributed by atoms with Crippen molar-refractivity contribution in [1.29, 1.82) is 0 Å². The van der Waals surface area contributed by atoms with Crippen LogP contribution in [-0.2, 0) is 11.2 Å². The number of nitrogens with zero attached hydrogens (tertiary/aromatic N) is 1. The van der Waals surface area contributed by atoms with Crippen molar-refractivity contribution in [1.82, 2.24) is 15.3 Å². The van der Waals surface area contributed by atoms with Crippen LogP contribution in [0.5, 0.6) is 0 Å². The Bertz CT molecular complexity index is 1050. The van der Waals surface area contributed by atoms with E-state index >= 15 is 0 Å². The van der Waals surface area contributed by atoms with Gasteiger partial charge in [-0.3, -0.25) is 9.59 Å². The van der Waals surface area contributed by atoms with E-state index in [2.05, 4.69) is 67.2 Å². The van der Waals surface area contributed by atoms with Crippen LogP contribution in [0.1, 0.15) is 69.4 Å². The maximum Gasteiger partial charge on any atom is 0.258 e. The lowest BCUT2D eigenvalue weighted by atomic mass is 9.92.